The summed E-state index contributed by atoms with van der Waals surface area (Å²) in [5.41, 5.74) is 2.78. The summed E-state index contributed by atoms with van der Waals surface area (Å²) in [6.45, 7) is 6.77. The molecule has 1 heteroatoms. The molecule has 1 aromatic rings. The molecule has 0 aliphatic rings. The maximum atomic E-state index is 3.45. The Hall–Kier alpha value is -0.820. The first-order valence-electron chi connectivity index (χ1n) is 6.88. The van der Waals surface area contributed by atoms with E-state index in [1.54, 1.807) is 0 Å². The van der Waals surface area contributed by atoms with Gasteiger partial charge in [-0.25, -0.2) is 0 Å². The van der Waals surface area contributed by atoms with Gasteiger partial charge in [-0.05, 0) is 38.3 Å². The molecule has 1 aromatic carbocycles. The fourth-order valence-electron chi connectivity index (χ4n) is 2.41. The molecule has 2 atom stereocenters. The first kappa shape index (κ1) is 14.2. The second-order valence-electron chi connectivity index (χ2n) is 5.30. The van der Waals surface area contributed by atoms with Crippen molar-refractivity contribution in [2.45, 2.75) is 52.5 Å². The van der Waals surface area contributed by atoms with E-state index in [4.69, 9.17) is 0 Å². The van der Waals surface area contributed by atoms with Gasteiger partial charge in [-0.2, -0.15) is 0 Å². The highest BCUT2D eigenvalue weighted by Gasteiger charge is 2.11. The molecule has 1 N–H and O–H groups in total. The standard InChI is InChI=1S/C16H27N/c1-5-6-14(3)11-16(17-4)12-15-9-7-13(2)8-10-15/h7-10,14,16-17H,5-6,11-12H2,1-4H3. The Morgan fingerprint density at radius 1 is 1.18 bits per heavy atom. The summed E-state index contributed by atoms with van der Waals surface area (Å²) in [4.78, 5) is 0. The highest BCUT2D eigenvalue weighted by Crippen LogP contribution is 2.15. The minimum absolute atomic E-state index is 0.610. The van der Waals surface area contributed by atoms with Crippen molar-refractivity contribution >= 4 is 0 Å². The number of rotatable bonds is 7. The predicted octanol–water partition coefficient (Wildman–Crippen LogP) is 3.95. The summed E-state index contributed by atoms with van der Waals surface area (Å²) in [5, 5.41) is 3.45. The molecule has 0 aliphatic carbocycles. The smallest absolute Gasteiger partial charge is 0.0107 e. The molecule has 2 unspecified atom stereocenters. The molecular weight excluding hydrogens is 206 g/mol. The summed E-state index contributed by atoms with van der Waals surface area (Å²) in [6.07, 6.45) is 5.05. The first-order chi connectivity index (χ1) is 8.15. The van der Waals surface area contributed by atoms with Gasteiger partial charge in [-0.1, -0.05) is 56.5 Å². The summed E-state index contributed by atoms with van der Waals surface area (Å²) >= 11 is 0. The van der Waals surface area contributed by atoms with Crippen molar-refractivity contribution in [1.29, 1.82) is 0 Å². The summed E-state index contributed by atoms with van der Waals surface area (Å²) < 4.78 is 0. The first-order valence-corrected chi connectivity index (χ1v) is 6.88. The molecule has 0 heterocycles. The predicted molar refractivity (Wildman–Crippen MR) is 76.4 cm³/mol. The Labute approximate surface area is 107 Å². The molecule has 1 nitrogen and oxygen atoms in total. The van der Waals surface area contributed by atoms with Gasteiger partial charge >= 0.3 is 0 Å². The van der Waals surface area contributed by atoms with Crippen molar-refractivity contribution in [2.24, 2.45) is 5.92 Å². The lowest BCUT2D eigenvalue weighted by Gasteiger charge is -2.20. The lowest BCUT2D eigenvalue weighted by Crippen LogP contribution is -2.29. The minimum Gasteiger partial charge on any atom is -0.317 e. The molecule has 17 heavy (non-hydrogen) atoms. The van der Waals surface area contributed by atoms with Gasteiger partial charge in [0.1, 0.15) is 0 Å². The zero-order valence-electron chi connectivity index (χ0n) is 11.8. The van der Waals surface area contributed by atoms with Crippen LogP contribution in [-0.4, -0.2) is 13.1 Å². The van der Waals surface area contributed by atoms with Crippen molar-refractivity contribution in [3.8, 4) is 0 Å². The van der Waals surface area contributed by atoms with Crippen molar-refractivity contribution < 1.29 is 0 Å². The Morgan fingerprint density at radius 3 is 2.35 bits per heavy atom. The van der Waals surface area contributed by atoms with Crippen LogP contribution in [0.3, 0.4) is 0 Å². The van der Waals surface area contributed by atoms with Gasteiger partial charge in [0, 0.05) is 6.04 Å². The third-order valence-electron chi connectivity index (χ3n) is 3.48. The van der Waals surface area contributed by atoms with Crippen LogP contribution in [0, 0.1) is 12.8 Å². The second-order valence-corrected chi connectivity index (χ2v) is 5.30. The molecule has 0 fully saturated rings. The Morgan fingerprint density at radius 2 is 1.82 bits per heavy atom. The van der Waals surface area contributed by atoms with Crippen molar-refractivity contribution in [3.63, 3.8) is 0 Å². The van der Waals surface area contributed by atoms with Crippen LogP contribution in [0.1, 0.15) is 44.2 Å². The van der Waals surface area contributed by atoms with E-state index < -0.39 is 0 Å². The van der Waals surface area contributed by atoms with Gasteiger partial charge in [0.15, 0.2) is 0 Å². The average Bonchev–Trinajstić information content (AvgIpc) is 2.31. The number of aryl methyl sites for hydroxylation is 1. The zero-order valence-corrected chi connectivity index (χ0v) is 11.8. The van der Waals surface area contributed by atoms with E-state index in [0.29, 0.717) is 6.04 Å². The molecule has 0 saturated heterocycles. The van der Waals surface area contributed by atoms with E-state index >= 15 is 0 Å². The van der Waals surface area contributed by atoms with Crippen molar-refractivity contribution in [1.82, 2.24) is 5.32 Å². The largest absolute Gasteiger partial charge is 0.317 e. The Bertz CT molecular complexity index is 302. The minimum atomic E-state index is 0.610. The molecule has 0 amide bonds. The highest BCUT2D eigenvalue weighted by molar-refractivity contribution is 5.22. The lowest BCUT2D eigenvalue weighted by molar-refractivity contribution is 0.397. The van der Waals surface area contributed by atoms with Crippen LogP contribution >= 0.6 is 0 Å². The molecule has 0 aliphatic heterocycles. The van der Waals surface area contributed by atoms with Crippen LogP contribution in [0.15, 0.2) is 24.3 Å². The van der Waals surface area contributed by atoms with E-state index in [1.165, 1.54) is 30.4 Å². The fourth-order valence-corrected chi connectivity index (χ4v) is 2.41. The topological polar surface area (TPSA) is 12.0 Å². The summed E-state index contributed by atoms with van der Waals surface area (Å²) in [6, 6.07) is 9.53. The van der Waals surface area contributed by atoms with Crippen molar-refractivity contribution in [2.75, 3.05) is 7.05 Å². The molecule has 0 radical (unpaired) electrons. The third kappa shape index (κ3) is 5.36. The van der Waals surface area contributed by atoms with E-state index in [2.05, 4.69) is 57.4 Å². The van der Waals surface area contributed by atoms with E-state index in [-0.39, 0.29) is 0 Å². The quantitative estimate of drug-likeness (QED) is 0.752. The van der Waals surface area contributed by atoms with Crippen LogP contribution in [0.4, 0.5) is 0 Å². The molecule has 96 valence electrons. The Balaban J connectivity index is 2.48. The third-order valence-corrected chi connectivity index (χ3v) is 3.48. The molecule has 0 bridgehead atoms. The van der Waals surface area contributed by atoms with Gasteiger partial charge in [0.05, 0.1) is 0 Å². The highest BCUT2D eigenvalue weighted by atomic mass is 14.9. The Kier molecular flexibility index (Phi) is 6.28. The van der Waals surface area contributed by atoms with Gasteiger partial charge in [0.25, 0.3) is 0 Å². The normalized spacial score (nSPS) is 14.6. The van der Waals surface area contributed by atoms with Crippen molar-refractivity contribution in [3.05, 3.63) is 35.4 Å². The number of benzene rings is 1. The van der Waals surface area contributed by atoms with E-state index in [1.807, 2.05) is 0 Å². The monoisotopic (exact) mass is 233 g/mol. The van der Waals surface area contributed by atoms with Gasteiger partial charge in [-0.15, -0.1) is 0 Å². The van der Waals surface area contributed by atoms with E-state index in [0.717, 1.165) is 12.3 Å². The number of hydrogen-bond acceptors (Lipinski definition) is 1. The number of hydrogen-bond donors (Lipinski definition) is 1. The number of likely N-dealkylation sites (N-methyl/N-ethyl adjacent to an activating group) is 1. The number of nitrogens with one attached hydrogen (secondary N) is 1. The van der Waals surface area contributed by atoms with E-state index in [9.17, 15) is 0 Å². The van der Waals surface area contributed by atoms with Gasteiger partial charge < -0.3 is 5.32 Å². The molecule has 0 aromatic heterocycles. The van der Waals surface area contributed by atoms with Crippen LogP contribution < -0.4 is 5.32 Å². The summed E-state index contributed by atoms with van der Waals surface area (Å²) in [5.74, 6) is 0.822. The zero-order chi connectivity index (χ0) is 12.7. The molecule has 0 saturated carbocycles. The van der Waals surface area contributed by atoms with Gasteiger partial charge in [-0.3, -0.25) is 0 Å². The maximum absolute atomic E-state index is 3.45. The lowest BCUT2D eigenvalue weighted by atomic mass is 9.93. The molecule has 1 rings (SSSR count). The average molecular weight is 233 g/mol. The van der Waals surface area contributed by atoms with Crippen LogP contribution in [0.2, 0.25) is 0 Å². The maximum Gasteiger partial charge on any atom is 0.0107 e. The SMILES string of the molecule is CCCC(C)CC(Cc1ccc(C)cc1)NC. The fraction of sp³-hybridized carbons (Fsp3) is 0.625. The summed E-state index contributed by atoms with van der Waals surface area (Å²) in [7, 11) is 2.08. The van der Waals surface area contributed by atoms with Crippen LogP contribution in [0.25, 0.3) is 0 Å². The molecular formula is C16H27N. The van der Waals surface area contributed by atoms with Crippen LogP contribution in [-0.2, 0) is 6.42 Å². The second kappa shape index (κ2) is 7.50. The van der Waals surface area contributed by atoms with Gasteiger partial charge in [0.2, 0.25) is 0 Å². The molecule has 0 spiro atoms. The van der Waals surface area contributed by atoms with Crippen LogP contribution in [0.5, 0.6) is 0 Å².